The van der Waals surface area contributed by atoms with E-state index in [4.69, 9.17) is 0 Å². The van der Waals surface area contributed by atoms with Gasteiger partial charge in [0.05, 0.1) is 0 Å². The third-order valence-electron chi connectivity index (χ3n) is 2.23. The number of piperazine rings is 1. The van der Waals surface area contributed by atoms with E-state index in [1.807, 2.05) is 0 Å². The Bertz CT molecular complexity index is 73.8. The third-order valence-corrected chi connectivity index (χ3v) is 2.23. The Morgan fingerprint density at radius 1 is 0.750 bits per heavy atom. The molecule has 2 nitrogen and oxygen atoms in total. The standard InChI is InChI=1S/C6H14N2.C4H10/c1-7-3-5-8(2)6-4-7;1-3-4-2/h3-6H2,1-2H3;3-4H2,1-2H3. The molecule has 2 heteroatoms. The zero-order valence-electron chi connectivity index (χ0n) is 9.14. The SMILES string of the molecule is CCCC.CN1CCN(C)CC1. The van der Waals surface area contributed by atoms with E-state index in [1.165, 1.54) is 39.0 Å². The van der Waals surface area contributed by atoms with Crippen LogP contribution in [0.3, 0.4) is 0 Å². The Kier molecular flexibility index (Phi) is 7.51. The monoisotopic (exact) mass is 172 g/mol. The number of hydrogen-bond acceptors (Lipinski definition) is 2. The maximum atomic E-state index is 2.36. The molecule has 0 bridgehead atoms. The van der Waals surface area contributed by atoms with Gasteiger partial charge >= 0.3 is 0 Å². The van der Waals surface area contributed by atoms with Gasteiger partial charge in [0.1, 0.15) is 0 Å². The van der Waals surface area contributed by atoms with Gasteiger partial charge in [-0.3, -0.25) is 0 Å². The average molecular weight is 172 g/mol. The van der Waals surface area contributed by atoms with Gasteiger partial charge in [-0.1, -0.05) is 26.7 Å². The van der Waals surface area contributed by atoms with E-state index in [9.17, 15) is 0 Å². The normalized spacial score (nSPS) is 20.0. The molecular formula is C10H24N2. The van der Waals surface area contributed by atoms with Crippen LogP contribution in [0.1, 0.15) is 26.7 Å². The molecule has 0 N–H and O–H groups in total. The Labute approximate surface area is 77.5 Å². The van der Waals surface area contributed by atoms with Crippen molar-refractivity contribution in [1.29, 1.82) is 0 Å². The van der Waals surface area contributed by atoms with Crippen molar-refractivity contribution in [1.82, 2.24) is 9.80 Å². The van der Waals surface area contributed by atoms with Gasteiger partial charge in [0.2, 0.25) is 0 Å². The molecule has 12 heavy (non-hydrogen) atoms. The smallest absolute Gasteiger partial charge is 0.0107 e. The van der Waals surface area contributed by atoms with Crippen molar-refractivity contribution in [2.75, 3.05) is 40.3 Å². The van der Waals surface area contributed by atoms with E-state index in [2.05, 4.69) is 37.7 Å². The number of hydrogen-bond donors (Lipinski definition) is 0. The lowest BCUT2D eigenvalue weighted by atomic mass is 10.4. The fourth-order valence-electron chi connectivity index (χ4n) is 0.906. The van der Waals surface area contributed by atoms with Gasteiger partial charge in [-0.05, 0) is 14.1 Å². The van der Waals surface area contributed by atoms with Crippen molar-refractivity contribution < 1.29 is 0 Å². The molecule has 0 aromatic rings. The molecule has 0 unspecified atom stereocenters. The fraction of sp³-hybridized carbons (Fsp3) is 1.00. The van der Waals surface area contributed by atoms with E-state index in [1.54, 1.807) is 0 Å². The van der Waals surface area contributed by atoms with Crippen molar-refractivity contribution in [2.45, 2.75) is 26.7 Å². The number of rotatable bonds is 1. The van der Waals surface area contributed by atoms with Crippen LogP contribution in [0.5, 0.6) is 0 Å². The van der Waals surface area contributed by atoms with Crippen LogP contribution in [-0.4, -0.2) is 50.1 Å². The second-order valence-corrected chi connectivity index (χ2v) is 3.61. The topological polar surface area (TPSA) is 6.48 Å². The van der Waals surface area contributed by atoms with Crippen LogP contribution in [0.25, 0.3) is 0 Å². The van der Waals surface area contributed by atoms with Crippen LogP contribution in [0.15, 0.2) is 0 Å². The van der Waals surface area contributed by atoms with E-state index < -0.39 is 0 Å². The minimum Gasteiger partial charge on any atom is -0.304 e. The Hall–Kier alpha value is -0.0800. The maximum absolute atomic E-state index is 2.36. The molecule has 0 radical (unpaired) electrons. The van der Waals surface area contributed by atoms with Gasteiger partial charge in [0.25, 0.3) is 0 Å². The summed E-state index contributed by atoms with van der Waals surface area (Å²) in [6.07, 6.45) is 2.64. The Balaban J connectivity index is 0.000000261. The molecule has 1 fully saturated rings. The van der Waals surface area contributed by atoms with Crippen LogP contribution in [0.2, 0.25) is 0 Å². The molecule has 74 valence electrons. The first kappa shape index (κ1) is 11.9. The van der Waals surface area contributed by atoms with Gasteiger partial charge in [-0.2, -0.15) is 0 Å². The maximum Gasteiger partial charge on any atom is 0.0107 e. The van der Waals surface area contributed by atoms with E-state index in [0.29, 0.717) is 0 Å². The summed E-state index contributed by atoms with van der Waals surface area (Å²) in [5.41, 5.74) is 0. The van der Waals surface area contributed by atoms with E-state index >= 15 is 0 Å². The van der Waals surface area contributed by atoms with Crippen molar-refractivity contribution in [2.24, 2.45) is 0 Å². The third kappa shape index (κ3) is 6.62. The minimum absolute atomic E-state index is 1.23. The average Bonchev–Trinajstić information content (AvgIpc) is 2.11. The van der Waals surface area contributed by atoms with E-state index in [0.717, 1.165) is 0 Å². The molecule has 1 aliphatic rings. The summed E-state index contributed by atoms with van der Waals surface area (Å²) < 4.78 is 0. The quantitative estimate of drug-likeness (QED) is 0.593. The van der Waals surface area contributed by atoms with Crippen LogP contribution < -0.4 is 0 Å². The number of likely N-dealkylation sites (N-methyl/N-ethyl adjacent to an activating group) is 2. The molecular weight excluding hydrogens is 148 g/mol. The summed E-state index contributed by atoms with van der Waals surface area (Å²) in [4.78, 5) is 4.72. The molecule has 0 aromatic carbocycles. The van der Waals surface area contributed by atoms with Crippen molar-refractivity contribution in [3.05, 3.63) is 0 Å². The molecule has 0 saturated carbocycles. The van der Waals surface area contributed by atoms with Gasteiger partial charge in [0, 0.05) is 26.2 Å². The van der Waals surface area contributed by atoms with Gasteiger partial charge in [-0.15, -0.1) is 0 Å². The Morgan fingerprint density at radius 3 is 1.17 bits per heavy atom. The lowest BCUT2D eigenvalue weighted by Crippen LogP contribution is -2.42. The number of nitrogens with zero attached hydrogens (tertiary/aromatic N) is 2. The van der Waals surface area contributed by atoms with Crippen LogP contribution >= 0.6 is 0 Å². The highest BCUT2D eigenvalue weighted by Gasteiger charge is 2.07. The van der Waals surface area contributed by atoms with Crippen LogP contribution in [0.4, 0.5) is 0 Å². The first-order valence-electron chi connectivity index (χ1n) is 5.07. The summed E-state index contributed by atoms with van der Waals surface area (Å²) in [6.45, 7) is 9.29. The summed E-state index contributed by atoms with van der Waals surface area (Å²) in [6, 6.07) is 0. The predicted octanol–water partition coefficient (Wildman–Crippen LogP) is 1.67. The zero-order chi connectivity index (χ0) is 9.40. The Morgan fingerprint density at radius 2 is 1.00 bits per heavy atom. The molecule has 0 aromatic heterocycles. The first-order chi connectivity index (χ1) is 5.70. The van der Waals surface area contributed by atoms with Crippen molar-refractivity contribution in [3.63, 3.8) is 0 Å². The van der Waals surface area contributed by atoms with Crippen LogP contribution in [-0.2, 0) is 0 Å². The number of unbranched alkanes of at least 4 members (excludes halogenated alkanes) is 1. The molecule has 0 amide bonds. The molecule has 1 saturated heterocycles. The zero-order valence-corrected chi connectivity index (χ0v) is 9.14. The molecule has 1 heterocycles. The summed E-state index contributed by atoms with van der Waals surface area (Å²) in [5, 5.41) is 0. The highest BCUT2D eigenvalue weighted by Crippen LogP contribution is 1.93. The van der Waals surface area contributed by atoms with Crippen molar-refractivity contribution >= 4 is 0 Å². The molecule has 1 rings (SSSR count). The lowest BCUT2D eigenvalue weighted by molar-refractivity contribution is 0.181. The highest BCUT2D eigenvalue weighted by molar-refractivity contribution is 4.64. The summed E-state index contributed by atoms with van der Waals surface area (Å²) in [5.74, 6) is 0. The predicted molar refractivity (Wildman–Crippen MR) is 55.6 cm³/mol. The minimum atomic E-state index is 1.23. The first-order valence-corrected chi connectivity index (χ1v) is 5.07. The second-order valence-electron chi connectivity index (χ2n) is 3.61. The van der Waals surface area contributed by atoms with E-state index in [-0.39, 0.29) is 0 Å². The van der Waals surface area contributed by atoms with Gasteiger partial charge < -0.3 is 9.80 Å². The molecule has 1 aliphatic heterocycles. The molecule has 0 spiro atoms. The molecule has 0 atom stereocenters. The summed E-state index contributed by atoms with van der Waals surface area (Å²) >= 11 is 0. The van der Waals surface area contributed by atoms with Crippen molar-refractivity contribution in [3.8, 4) is 0 Å². The van der Waals surface area contributed by atoms with Gasteiger partial charge in [-0.25, -0.2) is 0 Å². The van der Waals surface area contributed by atoms with Gasteiger partial charge in [0.15, 0.2) is 0 Å². The largest absolute Gasteiger partial charge is 0.304 e. The summed E-state index contributed by atoms with van der Waals surface area (Å²) in [7, 11) is 4.35. The second kappa shape index (κ2) is 7.56. The fourth-order valence-corrected chi connectivity index (χ4v) is 0.906. The molecule has 0 aliphatic carbocycles. The van der Waals surface area contributed by atoms with Crippen LogP contribution in [0, 0.1) is 0 Å². The lowest BCUT2D eigenvalue weighted by Gasteiger charge is -2.28. The highest BCUT2D eigenvalue weighted by atomic mass is 15.2.